The maximum Gasteiger partial charge on any atom is 0.225 e. The normalized spacial score (nSPS) is 15.3. The van der Waals surface area contributed by atoms with E-state index in [9.17, 15) is 10.1 Å². The number of benzene rings is 2. The molecule has 0 saturated carbocycles. The van der Waals surface area contributed by atoms with Crippen molar-refractivity contribution in [1.29, 1.82) is 5.26 Å². The van der Waals surface area contributed by atoms with Crippen LogP contribution < -0.4 is 5.32 Å². The monoisotopic (exact) mass is 458 g/mol. The fourth-order valence-electron chi connectivity index (χ4n) is 4.23. The molecule has 4 aromatic rings. The van der Waals surface area contributed by atoms with Crippen LogP contribution in [0.2, 0.25) is 0 Å². The van der Waals surface area contributed by atoms with Gasteiger partial charge in [-0.1, -0.05) is 54.2 Å². The summed E-state index contributed by atoms with van der Waals surface area (Å²) in [5.41, 5.74) is 5.04. The number of thiophene rings is 1. The summed E-state index contributed by atoms with van der Waals surface area (Å²) in [4.78, 5) is 21.6. The summed E-state index contributed by atoms with van der Waals surface area (Å²) in [5.74, 6) is 1.02. The van der Waals surface area contributed by atoms with Gasteiger partial charge < -0.3 is 10.3 Å². The molecular weight excluding hydrogens is 436 g/mol. The van der Waals surface area contributed by atoms with Crippen molar-refractivity contribution >= 4 is 45.0 Å². The number of nitriles is 1. The molecule has 0 spiro atoms. The number of thioether (sulfide) groups is 1. The van der Waals surface area contributed by atoms with Gasteiger partial charge >= 0.3 is 0 Å². The number of nitrogens with one attached hydrogen (secondary N) is 2. The minimum absolute atomic E-state index is 0.0664. The van der Waals surface area contributed by atoms with Crippen molar-refractivity contribution in [2.75, 3.05) is 11.1 Å². The minimum Gasteiger partial charge on any atom is -0.333 e. The molecule has 0 bridgehead atoms. The van der Waals surface area contributed by atoms with Crippen LogP contribution in [0.1, 0.15) is 40.3 Å². The molecule has 0 fully saturated rings. The molecule has 2 aromatic heterocycles. The Morgan fingerprint density at radius 2 is 2.03 bits per heavy atom. The van der Waals surface area contributed by atoms with Gasteiger partial charge in [-0.3, -0.25) is 4.79 Å². The SMILES string of the molecule is N#Cc1c(NC(=O)CCSc2nc3ccccc3[nH]2)sc2c1CCC(c1ccccc1)C2. The summed E-state index contributed by atoms with van der Waals surface area (Å²) in [6.07, 6.45) is 3.20. The average Bonchev–Trinajstić information content (AvgIpc) is 3.39. The molecule has 2 heterocycles. The number of hydrogen-bond acceptors (Lipinski definition) is 5. The number of rotatable bonds is 6. The number of imidazole rings is 1. The second kappa shape index (κ2) is 9.19. The van der Waals surface area contributed by atoms with Crippen molar-refractivity contribution < 1.29 is 4.79 Å². The molecule has 5 rings (SSSR count). The highest BCUT2D eigenvalue weighted by molar-refractivity contribution is 7.99. The Bertz CT molecular complexity index is 1270. The van der Waals surface area contributed by atoms with Gasteiger partial charge in [0.15, 0.2) is 5.16 Å². The van der Waals surface area contributed by atoms with Crippen molar-refractivity contribution in [2.45, 2.75) is 36.8 Å². The van der Waals surface area contributed by atoms with Gasteiger partial charge in [0, 0.05) is 17.1 Å². The number of aromatic amines is 1. The maximum absolute atomic E-state index is 12.6. The molecule has 1 aliphatic rings. The zero-order chi connectivity index (χ0) is 21.9. The topological polar surface area (TPSA) is 81.6 Å². The van der Waals surface area contributed by atoms with Crippen molar-refractivity contribution in [1.82, 2.24) is 9.97 Å². The number of para-hydroxylation sites is 2. The molecule has 0 radical (unpaired) electrons. The molecule has 1 aliphatic carbocycles. The van der Waals surface area contributed by atoms with Crippen LogP contribution in [-0.2, 0) is 17.6 Å². The second-order valence-electron chi connectivity index (χ2n) is 7.88. The Labute approximate surface area is 194 Å². The van der Waals surface area contributed by atoms with Crippen molar-refractivity contribution in [3.8, 4) is 6.07 Å². The predicted octanol–water partition coefficient (Wildman–Crippen LogP) is 5.89. The van der Waals surface area contributed by atoms with Gasteiger partial charge in [0.05, 0.1) is 16.6 Å². The summed E-state index contributed by atoms with van der Waals surface area (Å²) in [7, 11) is 0. The van der Waals surface area contributed by atoms with Crippen LogP contribution in [0, 0.1) is 11.3 Å². The first-order valence-corrected chi connectivity index (χ1v) is 12.5. The molecule has 1 atom stereocenters. The lowest BCUT2D eigenvalue weighted by atomic mass is 9.83. The van der Waals surface area contributed by atoms with E-state index in [2.05, 4.69) is 45.6 Å². The smallest absolute Gasteiger partial charge is 0.225 e. The summed E-state index contributed by atoms with van der Waals surface area (Å²) >= 11 is 3.10. The lowest BCUT2D eigenvalue weighted by Gasteiger charge is -2.22. The molecule has 5 nitrogen and oxygen atoms in total. The van der Waals surface area contributed by atoms with Gasteiger partial charge in [0.1, 0.15) is 11.1 Å². The minimum atomic E-state index is -0.0664. The van der Waals surface area contributed by atoms with Gasteiger partial charge in [0.2, 0.25) is 5.91 Å². The van der Waals surface area contributed by atoms with E-state index in [1.807, 2.05) is 30.3 Å². The van der Waals surface area contributed by atoms with Crippen LogP contribution in [0.5, 0.6) is 0 Å². The Morgan fingerprint density at radius 3 is 2.84 bits per heavy atom. The number of H-pyrrole nitrogens is 1. The number of carbonyl (C=O) groups excluding carboxylic acids is 1. The molecular formula is C25H22N4OS2. The van der Waals surface area contributed by atoms with E-state index in [0.29, 0.717) is 28.7 Å². The highest BCUT2D eigenvalue weighted by atomic mass is 32.2. The molecule has 1 unspecified atom stereocenters. The zero-order valence-electron chi connectivity index (χ0n) is 17.4. The number of carbonyl (C=O) groups is 1. The van der Waals surface area contributed by atoms with Crippen LogP contribution in [0.3, 0.4) is 0 Å². The molecule has 1 amide bonds. The summed E-state index contributed by atoms with van der Waals surface area (Å²) < 4.78 is 0. The van der Waals surface area contributed by atoms with Crippen molar-refractivity contribution in [3.05, 3.63) is 76.2 Å². The third-order valence-electron chi connectivity index (χ3n) is 5.84. The van der Waals surface area contributed by atoms with Crippen molar-refractivity contribution in [3.63, 3.8) is 0 Å². The third kappa shape index (κ3) is 4.29. The van der Waals surface area contributed by atoms with Crippen molar-refractivity contribution in [2.24, 2.45) is 0 Å². The molecule has 0 saturated heterocycles. The van der Waals surface area contributed by atoms with E-state index in [0.717, 1.165) is 41.0 Å². The predicted molar refractivity (Wildman–Crippen MR) is 130 cm³/mol. The van der Waals surface area contributed by atoms with E-state index in [1.54, 1.807) is 11.3 Å². The molecule has 7 heteroatoms. The lowest BCUT2D eigenvalue weighted by Crippen LogP contribution is -2.12. The maximum atomic E-state index is 12.6. The van der Waals surface area contributed by atoms with Crippen LogP contribution in [-0.4, -0.2) is 21.6 Å². The van der Waals surface area contributed by atoms with Crippen LogP contribution >= 0.6 is 23.1 Å². The average molecular weight is 459 g/mol. The number of aromatic nitrogens is 2. The van der Waals surface area contributed by atoms with Crippen LogP contribution in [0.15, 0.2) is 59.8 Å². The number of anilines is 1. The largest absolute Gasteiger partial charge is 0.333 e. The van der Waals surface area contributed by atoms with E-state index >= 15 is 0 Å². The second-order valence-corrected chi connectivity index (χ2v) is 10.1. The number of fused-ring (bicyclic) bond motifs is 2. The van der Waals surface area contributed by atoms with Crippen LogP contribution in [0.25, 0.3) is 11.0 Å². The molecule has 2 aromatic carbocycles. The highest BCUT2D eigenvalue weighted by Crippen LogP contribution is 2.42. The third-order valence-corrected chi connectivity index (χ3v) is 7.88. The van der Waals surface area contributed by atoms with Gasteiger partial charge in [-0.15, -0.1) is 11.3 Å². The lowest BCUT2D eigenvalue weighted by molar-refractivity contribution is -0.115. The zero-order valence-corrected chi connectivity index (χ0v) is 19.1. The Hall–Kier alpha value is -3.08. The fraction of sp³-hybridized carbons (Fsp3) is 0.240. The highest BCUT2D eigenvalue weighted by Gasteiger charge is 2.27. The standard InChI is InChI=1S/C25H22N4OS2/c26-15-19-18-11-10-17(16-6-2-1-3-7-16)14-22(18)32-24(19)29-23(30)12-13-31-25-27-20-8-4-5-9-21(20)28-25/h1-9,17H,10-14H2,(H,27,28)(H,29,30). The van der Waals surface area contributed by atoms with E-state index in [1.165, 1.54) is 22.2 Å². The van der Waals surface area contributed by atoms with Gasteiger partial charge in [-0.2, -0.15) is 5.26 Å². The number of nitrogens with zero attached hydrogens (tertiary/aromatic N) is 2. The van der Waals surface area contributed by atoms with Gasteiger partial charge in [0.25, 0.3) is 0 Å². The Balaban J connectivity index is 1.22. The number of hydrogen-bond donors (Lipinski definition) is 2. The van der Waals surface area contributed by atoms with E-state index in [4.69, 9.17) is 0 Å². The molecule has 32 heavy (non-hydrogen) atoms. The quantitative estimate of drug-likeness (QED) is 0.353. The summed E-state index contributed by atoms with van der Waals surface area (Å²) in [6, 6.07) is 20.8. The van der Waals surface area contributed by atoms with Gasteiger partial charge in [-0.05, 0) is 48.4 Å². The Kier molecular flexibility index (Phi) is 5.97. The molecule has 160 valence electrons. The summed E-state index contributed by atoms with van der Waals surface area (Å²) in [5, 5.41) is 14.3. The van der Waals surface area contributed by atoms with Gasteiger partial charge in [-0.25, -0.2) is 4.98 Å². The first kappa shape index (κ1) is 20.8. The number of amides is 1. The molecule has 2 N–H and O–H groups in total. The van der Waals surface area contributed by atoms with E-state index < -0.39 is 0 Å². The first-order chi connectivity index (χ1) is 15.7. The fourth-order valence-corrected chi connectivity index (χ4v) is 6.35. The first-order valence-electron chi connectivity index (χ1n) is 10.7. The van der Waals surface area contributed by atoms with Crippen LogP contribution in [0.4, 0.5) is 5.00 Å². The summed E-state index contributed by atoms with van der Waals surface area (Å²) in [6.45, 7) is 0. The Morgan fingerprint density at radius 1 is 1.22 bits per heavy atom. The molecule has 0 aliphatic heterocycles. The van der Waals surface area contributed by atoms with E-state index in [-0.39, 0.29) is 5.91 Å².